The van der Waals surface area contributed by atoms with E-state index < -0.39 is 12.0 Å². The van der Waals surface area contributed by atoms with Gasteiger partial charge in [0.05, 0.1) is 37.7 Å². The molecule has 3 N–H and O–H groups in total. The van der Waals surface area contributed by atoms with E-state index in [2.05, 4.69) is 21.2 Å². The van der Waals surface area contributed by atoms with Crippen LogP contribution < -0.4 is 25.6 Å². The molecule has 0 aliphatic carbocycles. The molecule has 35 heavy (non-hydrogen) atoms. The number of halogens is 1. The van der Waals surface area contributed by atoms with Crippen LogP contribution in [0.25, 0.3) is 5.70 Å². The molecular formula is C23H24ClN5O6. The van der Waals surface area contributed by atoms with Crippen molar-refractivity contribution in [1.29, 1.82) is 0 Å². The molecule has 3 heterocycles. The highest BCUT2D eigenvalue weighted by atomic mass is 35.5. The predicted molar refractivity (Wildman–Crippen MR) is 127 cm³/mol. The van der Waals surface area contributed by atoms with E-state index >= 15 is 0 Å². The minimum atomic E-state index is -0.933. The van der Waals surface area contributed by atoms with Crippen LogP contribution in [0.3, 0.4) is 0 Å². The van der Waals surface area contributed by atoms with Crippen molar-refractivity contribution >= 4 is 34.9 Å². The number of methoxy groups -OCH3 is 2. The maximum absolute atomic E-state index is 12.8. The number of rotatable bonds is 9. The molecule has 0 bridgehead atoms. The van der Waals surface area contributed by atoms with Crippen molar-refractivity contribution in [3.63, 3.8) is 0 Å². The van der Waals surface area contributed by atoms with Gasteiger partial charge in [-0.2, -0.15) is 5.10 Å². The number of amides is 2. The Balaban J connectivity index is 1.39. The summed E-state index contributed by atoms with van der Waals surface area (Å²) in [7, 11) is 3.02. The van der Waals surface area contributed by atoms with Gasteiger partial charge in [0.1, 0.15) is 23.8 Å². The van der Waals surface area contributed by atoms with Crippen molar-refractivity contribution in [3.05, 3.63) is 64.7 Å². The number of aryl methyl sites for hydroxylation is 1. The van der Waals surface area contributed by atoms with Gasteiger partial charge in [-0.05, 0) is 31.2 Å². The second kappa shape index (κ2) is 10.5. The fourth-order valence-electron chi connectivity index (χ4n) is 3.41. The summed E-state index contributed by atoms with van der Waals surface area (Å²) >= 11 is 6.24. The normalized spacial score (nSPS) is 14.7. The van der Waals surface area contributed by atoms with Crippen LogP contribution in [-0.2, 0) is 27.5 Å². The number of nitrogens with one attached hydrogen (secondary N) is 3. The smallest absolute Gasteiger partial charge is 0.261 e. The largest absolute Gasteiger partial charge is 0.496 e. The molecule has 1 aliphatic heterocycles. The van der Waals surface area contributed by atoms with Crippen molar-refractivity contribution in [1.82, 2.24) is 20.6 Å². The number of hydrogen-bond donors (Lipinski definition) is 3. The van der Waals surface area contributed by atoms with Crippen molar-refractivity contribution in [2.75, 3.05) is 19.5 Å². The lowest BCUT2D eigenvalue weighted by atomic mass is 10.1. The van der Waals surface area contributed by atoms with E-state index in [0.717, 1.165) is 0 Å². The molecule has 184 valence electrons. The topological polar surface area (TPSA) is 129 Å². The van der Waals surface area contributed by atoms with E-state index in [4.69, 9.17) is 30.3 Å². The predicted octanol–water partition coefficient (Wildman–Crippen LogP) is 2.65. The minimum absolute atomic E-state index is 0.00797. The number of hydrogen-bond acceptors (Lipinski definition) is 8. The Morgan fingerprint density at radius 3 is 2.74 bits per heavy atom. The van der Waals surface area contributed by atoms with Crippen LogP contribution in [0.15, 0.2) is 47.1 Å². The van der Waals surface area contributed by atoms with Gasteiger partial charge < -0.3 is 24.5 Å². The second-order valence-electron chi connectivity index (χ2n) is 7.58. The van der Waals surface area contributed by atoms with Gasteiger partial charge in [0.2, 0.25) is 5.91 Å². The maximum atomic E-state index is 12.8. The highest BCUT2D eigenvalue weighted by Crippen LogP contribution is 2.36. The molecule has 0 spiro atoms. The Bertz CT molecular complexity index is 1250. The molecular weight excluding hydrogens is 478 g/mol. The Hall–Kier alpha value is -3.96. The second-order valence-corrected chi connectivity index (χ2v) is 7.99. The molecule has 11 nitrogen and oxygen atoms in total. The van der Waals surface area contributed by atoms with E-state index in [0.29, 0.717) is 45.1 Å². The number of anilines is 1. The SMILES string of the molecule is COc1cc(OC)c(C2=C[C@H](C(=O)Nc3cc(C)n(CC(=O)NCc4ccco4)n3)ON2)cc1Cl. The molecule has 0 saturated heterocycles. The summed E-state index contributed by atoms with van der Waals surface area (Å²) in [5, 5.41) is 10.1. The summed E-state index contributed by atoms with van der Waals surface area (Å²) in [6.45, 7) is 2.06. The quantitative estimate of drug-likeness (QED) is 0.408. The van der Waals surface area contributed by atoms with Crippen LogP contribution in [0.4, 0.5) is 5.82 Å². The molecule has 1 aromatic carbocycles. The number of carbonyl (C=O) groups is 2. The Labute approximate surface area is 205 Å². The van der Waals surface area contributed by atoms with E-state index in [1.165, 1.54) is 18.9 Å². The molecule has 4 rings (SSSR count). The van der Waals surface area contributed by atoms with Crippen LogP contribution in [0.2, 0.25) is 5.02 Å². The monoisotopic (exact) mass is 501 g/mol. The first-order chi connectivity index (χ1) is 16.9. The standard InChI is InChI=1S/C23H24ClN5O6/c1-13-7-21(27-29(13)12-22(30)25-11-14-5-4-6-34-14)26-23(31)20-9-17(28-35-20)15-8-16(24)19(33-3)10-18(15)32-2/h4-10,20,28H,11-12H2,1-3H3,(H,25,30)(H,26,27,31)/t20-/m1/s1. The van der Waals surface area contributed by atoms with Crippen LogP contribution in [0.1, 0.15) is 17.0 Å². The van der Waals surface area contributed by atoms with E-state index in [1.807, 2.05) is 0 Å². The molecule has 2 amide bonds. The van der Waals surface area contributed by atoms with Crippen molar-refractivity contribution in [2.24, 2.45) is 0 Å². The van der Waals surface area contributed by atoms with Crippen molar-refractivity contribution in [3.8, 4) is 11.5 Å². The van der Waals surface area contributed by atoms with Crippen LogP contribution in [-0.4, -0.2) is 41.9 Å². The first-order valence-electron chi connectivity index (χ1n) is 10.6. The number of benzene rings is 1. The summed E-state index contributed by atoms with van der Waals surface area (Å²) in [4.78, 5) is 30.4. The van der Waals surface area contributed by atoms with E-state index in [9.17, 15) is 9.59 Å². The summed E-state index contributed by atoms with van der Waals surface area (Å²) in [5.41, 5.74) is 4.55. The zero-order valence-corrected chi connectivity index (χ0v) is 20.0. The first-order valence-corrected chi connectivity index (χ1v) is 11.0. The number of ether oxygens (including phenoxy) is 2. The first kappa shape index (κ1) is 24.2. The summed E-state index contributed by atoms with van der Waals surface area (Å²) in [6, 6.07) is 8.49. The Kier molecular flexibility index (Phi) is 7.28. The number of nitrogens with zero attached hydrogens (tertiary/aromatic N) is 2. The number of carbonyl (C=O) groups excluding carboxylic acids is 2. The number of aromatic nitrogens is 2. The average Bonchev–Trinajstić information content (AvgIpc) is 3.60. The molecule has 3 aromatic rings. The molecule has 2 aromatic heterocycles. The molecule has 12 heteroatoms. The van der Waals surface area contributed by atoms with E-state index in [-0.39, 0.29) is 19.0 Å². The zero-order chi connectivity index (χ0) is 24.9. The Morgan fingerprint density at radius 2 is 2.03 bits per heavy atom. The van der Waals surface area contributed by atoms with Crippen LogP contribution >= 0.6 is 11.6 Å². The average molecular weight is 502 g/mol. The van der Waals surface area contributed by atoms with Gasteiger partial charge >= 0.3 is 0 Å². The van der Waals surface area contributed by atoms with Gasteiger partial charge in [0.15, 0.2) is 11.9 Å². The highest BCUT2D eigenvalue weighted by molar-refractivity contribution is 6.32. The molecule has 1 atom stereocenters. The number of hydroxylamine groups is 1. The molecule has 0 unspecified atom stereocenters. The van der Waals surface area contributed by atoms with Crippen LogP contribution in [0, 0.1) is 6.92 Å². The number of furan rings is 1. The minimum Gasteiger partial charge on any atom is -0.496 e. The summed E-state index contributed by atoms with van der Waals surface area (Å²) < 4.78 is 17.3. The third-order valence-corrected chi connectivity index (χ3v) is 5.50. The fourth-order valence-corrected chi connectivity index (χ4v) is 3.65. The van der Waals surface area contributed by atoms with Gasteiger partial charge in [-0.1, -0.05) is 11.6 Å². The lowest BCUT2D eigenvalue weighted by molar-refractivity contribution is -0.125. The van der Waals surface area contributed by atoms with Gasteiger partial charge in [-0.15, -0.1) is 0 Å². The third-order valence-electron chi connectivity index (χ3n) is 5.20. The highest BCUT2D eigenvalue weighted by Gasteiger charge is 2.27. The van der Waals surface area contributed by atoms with Crippen molar-refractivity contribution in [2.45, 2.75) is 26.1 Å². The molecule has 0 saturated carbocycles. The summed E-state index contributed by atoms with van der Waals surface area (Å²) in [6.07, 6.45) is 2.21. The lowest BCUT2D eigenvalue weighted by Gasteiger charge is -2.12. The van der Waals surface area contributed by atoms with Gasteiger partial charge in [-0.3, -0.25) is 24.6 Å². The molecule has 0 fully saturated rings. The maximum Gasteiger partial charge on any atom is 0.261 e. The van der Waals surface area contributed by atoms with Crippen LogP contribution in [0.5, 0.6) is 11.5 Å². The van der Waals surface area contributed by atoms with Gasteiger partial charge in [0, 0.05) is 23.4 Å². The van der Waals surface area contributed by atoms with Crippen molar-refractivity contribution < 1.29 is 28.3 Å². The lowest BCUT2D eigenvalue weighted by Crippen LogP contribution is -2.29. The Morgan fingerprint density at radius 1 is 1.23 bits per heavy atom. The van der Waals surface area contributed by atoms with E-state index in [1.54, 1.807) is 49.6 Å². The fraction of sp³-hybridized carbons (Fsp3) is 0.261. The molecule has 0 radical (unpaired) electrons. The zero-order valence-electron chi connectivity index (χ0n) is 19.3. The van der Waals surface area contributed by atoms with Gasteiger partial charge in [-0.25, -0.2) is 0 Å². The summed E-state index contributed by atoms with van der Waals surface area (Å²) in [5.74, 6) is 1.21. The van der Waals surface area contributed by atoms with Gasteiger partial charge in [0.25, 0.3) is 5.91 Å². The molecule has 1 aliphatic rings. The third kappa shape index (κ3) is 5.58.